The van der Waals surface area contributed by atoms with Gasteiger partial charge in [0.1, 0.15) is 11.5 Å². The number of rotatable bonds is 5. The molecule has 0 spiro atoms. The molecule has 0 saturated heterocycles. The highest BCUT2D eigenvalue weighted by Gasteiger charge is 2.15. The van der Waals surface area contributed by atoms with Crippen LogP contribution in [0.15, 0.2) is 17.7 Å². The summed E-state index contributed by atoms with van der Waals surface area (Å²) in [5.41, 5.74) is 3.06. The van der Waals surface area contributed by atoms with E-state index in [4.69, 9.17) is 4.74 Å². The SMILES string of the molecule is COc1cc(C=C(C)C)cc(O)c1CC[N+](C)(C)C.[Cl-]. The van der Waals surface area contributed by atoms with Gasteiger partial charge < -0.3 is 26.7 Å². The zero-order valence-corrected chi connectivity index (χ0v) is 14.1. The summed E-state index contributed by atoms with van der Waals surface area (Å²) in [6, 6.07) is 3.79. The third-order valence-corrected chi connectivity index (χ3v) is 2.92. The van der Waals surface area contributed by atoms with E-state index in [1.807, 2.05) is 26.0 Å². The van der Waals surface area contributed by atoms with Crippen molar-refractivity contribution in [2.24, 2.45) is 0 Å². The van der Waals surface area contributed by atoms with E-state index in [9.17, 15) is 5.11 Å². The van der Waals surface area contributed by atoms with Crippen molar-refractivity contribution in [2.45, 2.75) is 20.3 Å². The van der Waals surface area contributed by atoms with E-state index < -0.39 is 0 Å². The van der Waals surface area contributed by atoms with Crippen molar-refractivity contribution < 1.29 is 26.7 Å². The first-order chi connectivity index (χ1) is 8.73. The van der Waals surface area contributed by atoms with Gasteiger partial charge in [-0.15, -0.1) is 0 Å². The highest BCUT2D eigenvalue weighted by Crippen LogP contribution is 2.31. The van der Waals surface area contributed by atoms with Crippen molar-refractivity contribution in [1.82, 2.24) is 0 Å². The first-order valence-corrected chi connectivity index (χ1v) is 6.58. The number of aromatic hydroxyl groups is 1. The highest BCUT2D eigenvalue weighted by molar-refractivity contribution is 5.60. The standard InChI is InChI=1S/C16H25NO2.ClH/c1-12(2)9-13-10-15(18)14(16(11-13)19-6)7-8-17(3,4)5;/h9-11H,7-8H2,1-6H3;1H. The van der Waals surface area contributed by atoms with E-state index in [-0.39, 0.29) is 12.4 Å². The van der Waals surface area contributed by atoms with Crippen LogP contribution in [-0.2, 0) is 6.42 Å². The molecule has 0 fully saturated rings. The van der Waals surface area contributed by atoms with Crippen LogP contribution in [0.25, 0.3) is 6.08 Å². The van der Waals surface area contributed by atoms with E-state index >= 15 is 0 Å². The predicted octanol–water partition coefficient (Wildman–Crippen LogP) is 0.0767. The average Bonchev–Trinajstić information content (AvgIpc) is 2.24. The number of ether oxygens (including phenoxy) is 1. The second-order valence-corrected chi connectivity index (χ2v) is 6.21. The van der Waals surface area contributed by atoms with Gasteiger partial charge in [-0.1, -0.05) is 11.6 Å². The van der Waals surface area contributed by atoms with Crippen molar-refractivity contribution in [3.63, 3.8) is 0 Å². The number of phenolic OH excluding ortho intramolecular Hbond substituents is 1. The number of halogens is 1. The molecule has 0 atom stereocenters. The maximum atomic E-state index is 10.2. The summed E-state index contributed by atoms with van der Waals surface area (Å²) < 4.78 is 6.28. The number of hydrogen-bond acceptors (Lipinski definition) is 2. The van der Waals surface area contributed by atoms with Gasteiger partial charge in [-0.05, 0) is 31.5 Å². The van der Waals surface area contributed by atoms with E-state index in [1.165, 1.54) is 5.57 Å². The maximum Gasteiger partial charge on any atom is 0.126 e. The Morgan fingerprint density at radius 3 is 2.30 bits per heavy atom. The van der Waals surface area contributed by atoms with Crippen molar-refractivity contribution >= 4 is 6.08 Å². The molecule has 1 aromatic rings. The normalized spacial score (nSPS) is 10.7. The minimum atomic E-state index is 0. The second-order valence-electron chi connectivity index (χ2n) is 6.21. The van der Waals surface area contributed by atoms with Crippen molar-refractivity contribution in [3.05, 3.63) is 28.8 Å². The molecule has 1 aromatic carbocycles. The van der Waals surface area contributed by atoms with Crippen LogP contribution in [-0.4, -0.2) is 44.4 Å². The fourth-order valence-electron chi connectivity index (χ4n) is 1.95. The molecule has 0 aliphatic heterocycles. The molecule has 0 unspecified atom stereocenters. The van der Waals surface area contributed by atoms with Gasteiger partial charge in [0.15, 0.2) is 0 Å². The molecule has 0 aliphatic rings. The molecule has 0 bridgehead atoms. The van der Waals surface area contributed by atoms with Gasteiger partial charge in [0, 0.05) is 12.0 Å². The lowest BCUT2D eigenvalue weighted by molar-refractivity contribution is -0.870. The number of quaternary nitrogens is 1. The van der Waals surface area contributed by atoms with Crippen LogP contribution in [0.5, 0.6) is 11.5 Å². The molecule has 1 rings (SSSR count). The summed E-state index contributed by atoms with van der Waals surface area (Å²) in [5.74, 6) is 1.08. The Bertz CT molecular complexity index is 472. The first kappa shape index (κ1) is 18.8. The van der Waals surface area contributed by atoms with E-state index in [0.29, 0.717) is 5.75 Å². The van der Waals surface area contributed by atoms with Crippen LogP contribution in [0.4, 0.5) is 0 Å². The van der Waals surface area contributed by atoms with Crippen molar-refractivity contribution in [2.75, 3.05) is 34.8 Å². The molecule has 0 saturated carbocycles. The average molecular weight is 300 g/mol. The summed E-state index contributed by atoms with van der Waals surface area (Å²) in [5, 5.41) is 10.2. The Labute approximate surface area is 128 Å². The minimum Gasteiger partial charge on any atom is -1.00 e. The van der Waals surface area contributed by atoms with Gasteiger partial charge in [0.2, 0.25) is 0 Å². The van der Waals surface area contributed by atoms with Crippen molar-refractivity contribution in [3.8, 4) is 11.5 Å². The number of hydrogen-bond donors (Lipinski definition) is 1. The molecule has 0 radical (unpaired) electrons. The van der Waals surface area contributed by atoms with Crippen LogP contribution in [0.2, 0.25) is 0 Å². The number of allylic oxidation sites excluding steroid dienone is 1. The molecule has 20 heavy (non-hydrogen) atoms. The first-order valence-electron chi connectivity index (χ1n) is 6.58. The fraction of sp³-hybridized carbons (Fsp3) is 0.500. The van der Waals surface area contributed by atoms with Gasteiger partial charge >= 0.3 is 0 Å². The quantitative estimate of drug-likeness (QED) is 0.780. The summed E-state index contributed by atoms with van der Waals surface area (Å²) in [6.45, 7) is 5.02. The van der Waals surface area contributed by atoms with Gasteiger partial charge in [0.05, 0.1) is 34.8 Å². The Hall–Kier alpha value is -1.19. The Morgan fingerprint density at radius 2 is 1.85 bits per heavy atom. The molecule has 0 amide bonds. The van der Waals surface area contributed by atoms with E-state index in [1.54, 1.807) is 13.2 Å². The Balaban J connectivity index is 0.00000361. The lowest BCUT2D eigenvalue weighted by atomic mass is 10.0. The van der Waals surface area contributed by atoms with Crippen LogP contribution < -0.4 is 17.1 Å². The predicted molar refractivity (Wildman–Crippen MR) is 80.6 cm³/mol. The fourth-order valence-corrected chi connectivity index (χ4v) is 1.95. The lowest BCUT2D eigenvalue weighted by Gasteiger charge is -2.24. The Kier molecular flexibility index (Phi) is 7.11. The number of phenols is 1. The molecule has 0 heterocycles. The van der Waals surface area contributed by atoms with Gasteiger partial charge in [0.25, 0.3) is 0 Å². The summed E-state index contributed by atoms with van der Waals surface area (Å²) in [6.07, 6.45) is 2.83. The summed E-state index contributed by atoms with van der Waals surface area (Å²) in [7, 11) is 8.07. The molecule has 4 heteroatoms. The summed E-state index contributed by atoms with van der Waals surface area (Å²) in [4.78, 5) is 0. The third-order valence-electron chi connectivity index (χ3n) is 2.92. The molecular weight excluding hydrogens is 274 g/mol. The van der Waals surface area contributed by atoms with Crippen LogP contribution in [0, 0.1) is 0 Å². The molecule has 3 nitrogen and oxygen atoms in total. The van der Waals surface area contributed by atoms with Crippen LogP contribution in [0.1, 0.15) is 25.0 Å². The monoisotopic (exact) mass is 299 g/mol. The van der Waals surface area contributed by atoms with Gasteiger partial charge in [-0.25, -0.2) is 0 Å². The van der Waals surface area contributed by atoms with Crippen LogP contribution >= 0.6 is 0 Å². The maximum absolute atomic E-state index is 10.2. The van der Waals surface area contributed by atoms with Gasteiger partial charge in [-0.2, -0.15) is 0 Å². The van der Waals surface area contributed by atoms with Crippen LogP contribution in [0.3, 0.4) is 0 Å². The minimum absolute atomic E-state index is 0. The molecular formula is C16H26ClNO2. The zero-order chi connectivity index (χ0) is 14.6. The number of methoxy groups -OCH3 is 1. The lowest BCUT2D eigenvalue weighted by Crippen LogP contribution is -3.00. The zero-order valence-electron chi connectivity index (χ0n) is 13.3. The van der Waals surface area contributed by atoms with E-state index in [0.717, 1.165) is 34.3 Å². The molecule has 1 N–H and O–H groups in total. The topological polar surface area (TPSA) is 29.5 Å². The molecule has 0 aliphatic carbocycles. The molecule has 114 valence electrons. The largest absolute Gasteiger partial charge is 1.00 e. The number of nitrogens with zero attached hydrogens (tertiary/aromatic N) is 1. The number of benzene rings is 1. The van der Waals surface area contributed by atoms with E-state index in [2.05, 4.69) is 21.1 Å². The Morgan fingerprint density at radius 1 is 1.25 bits per heavy atom. The third kappa shape index (κ3) is 5.85. The summed E-state index contributed by atoms with van der Waals surface area (Å²) >= 11 is 0. The second kappa shape index (κ2) is 7.55. The van der Waals surface area contributed by atoms with Gasteiger partial charge in [-0.3, -0.25) is 0 Å². The smallest absolute Gasteiger partial charge is 0.126 e. The highest BCUT2D eigenvalue weighted by atomic mass is 35.5. The van der Waals surface area contributed by atoms with Crippen molar-refractivity contribution in [1.29, 1.82) is 0 Å². The number of likely N-dealkylation sites (N-methyl/N-ethyl adjacent to an activating group) is 1. The molecule has 0 aromatic heterocycles.